The van der Waals surface area contributed by atoms with Crippen LogP contribution in [0, 0.1) is 17.8 Å². The second-order valence-corrected chi connectivity index (χ2v) is 5.64. The summed E-state index contributed by atoms with van der Waals surface area (Å²) in [5.41, 5.74) is 5.99. The maximum atomic E-state index is 10.7. The van der Waals surface area contributed by atoms with Crippen molar-refractivity contribution in [3.8, 4) is 0 Å². The SMILES string of the molecule is NC(CC(=O)O)C1CCC2CCCCC2C1. The molecule has 2 rings (SSSR count). The summed E-state index contributed by atoms with van der Waals surface area (Å²) in [4.78, 5) is 10.7. The maximum absolute atomic E-state index is 10.7. The first-order valence-electron chi connectivity index (χ1n) is 6.64. The maximum Gasteiger partial charge on any atom is 0.304 e. The van der Waals surface area contributed by atoms with Crippen LogP contribution in [0.25, 0.3) is 0 Å². The van der Waals surface area contributed by atoms with Crippen LogP contribution in [0.1, 0.15) is 51.4 Å². The molecular formula is C13H23NO2. The first-order chi connectivity index (χ1) is 7.66. The molecule has 0 aliphatic heterocycles. The van der Waals surface area contributed by atoms with Crippen molar-refractivity contribution < 1.29 is 9.90 Å². The highest BCUT2D eigenvalue weighted by molar-refractivity contribution is 5.67. The highest BCUT2D eigenvalue weighted by atomic mass is 16.4. The van der Waals surface area contributed by atoms with E-state index in [-0.39, 0.29) is 12.5 Å². The number of carbonyl (C=O) groups is 1. The molecule has 0 aromatic heterocycles. The highest BCUT2D eigenvalue weighted by Crippen LogP contribution is 2.43. The minimum absolute atomic E-state index is 0.125. The third-order valence-electron chi connectivity index (χ3n) is 4.60. The summed E-state index contributed by atoms with van der Waals surface area (Å²) in [5.74, 6) is 1.46. The van der Waals surface area contributed by atoms with Gasteiger partial charge in [0.15, 0.2) is 0 Å². The zero-order valence-corrected chi connectivity index (χ0v) is 9.90. The molecule has 16 heavy (non-hydrogen) atoms. The van der Waals surface area contributed by atoms with Gasteiger partial charge in [-0.2, -0.15) is 0 Å². The third-order valence-corrected chi connectivity index (χ3v) is 4.60. The molecular weight excluding hydrogens is 202 g/mol. The van der Waals surface area contributed by atoms with Crippen LogP contribution in [0.4, 0.5) is 0 Å². The predicted octanol–water partition coefficient (Wildman–Crippen LogP) is 2.39. The molecule has 4 atom stereocenters. The lowest BCUT2D eigenvalue weighted by atomic mass is 9.66. The minimum Gasteiger partial charge on any atom is -0.481 e. The van der Waals surface area contributed by atoms with Gasteiger partial charge < -0.3 is 10.8 Å². The fraction of sp³-hybridized carbons (Fsp3) is 0.923. The third kappa shape index (κ3) is 2.76. The van der Waals surface area contributed by atoms with Crippen LogP contribution in [-0.4, -0.2) is 17.1 Å². The molecule has 0 aromatic rings. The fourth-order valence-corrected chi connectivity index (χ4v) is 3.67. The number of hydrogen-bond acceptors (Lipinski definition) is 2. The largest absolute Gasteiger partial charge is 0.481 e. The highest BCUT2D eigenvalue weighted by Gasteiger charge is 2.34. The molecule has 2 fully saturated rings. The number of carboxylic acids is 1. The molecule has 0 spiro atoms. The van der Waals surface area contributed by atoms with Gasteiger partial charge in [0.2, 0.25) is 0 Å². The van der Waals surface area contributed by atoms with E-state index >= 15 is 0 Å². The number of fused-ring (bicyclic) bond motifs is 1. The molecule has 0 aromatic carbocycles. The van der Waals surface area contributed by atoms with Gasteiger partial charge >= 0.3 is 5.97 Å². The Morgan fingerprint density at radius 1 is 1.19 bits per heavy atom. The van der Waals surface area contributed by atoms with E-state index in [1.165, 1.54) is 38.5 Å². The van der Waals surface area contributed by atoms with Crippen molar-refractivity contribution >= 4 is 5.97 Å². The van der Waals surface area contributed by atoms with Gasteiger partial charge in [-0.1, -0.05) is 25.7 Å². The van der Waals surface area contributed by atoms with E-state index in [0.29, 0.717) is 5.92 Å². The Balaban J connectivity index is 1.86. The molecule has 0 saturated heterocycles. The van der Waals surface area contributed by atoms with Crippen molar-refractivity contribution in [1.82, 2.24) is 0 Å². The Hall–Kier alpha value is -0.570. The van der Waals surface area contributed by atoms with Crippen LogP contribution in [0.15, 0.2) is 0 Å². The summed E-state index contributed by atoms with van der Waals surface area (Å²) in [6.07, 6.45) is 9.25. The molecule has 2 aliphatic carbocycles. The topological polar surface area (TPSA) is 63.3 Å². The number of aliphatic carboxylic acids is 1. The van der Waals surface area contributed by atoms with E-state index in [4.69, 9.17) is 10.8 Å². The Bertz CT molecular complexity index is 254. The van der Waals surface area contributed by atoms with Crippen molar-refractivity contribution in [3.05, 3.63) is 0 Å². The van der Waals surface area contributed by atoms with Crippen LogP contribution in [-0.2, 0) is 4.79 Å². The van der Waals surface area contributed by atoms with Crippen LogP contribution >= 0.6 is 0 Å². The van der Waals surface area contributed by atoms with Crippen molar-refractivity contribution in [3.63, 3.8) is 0 Å². The zero-order valence-electron chi connectivity index (χ0n) is 9.90. The zero-order chi connectivity index (χ0) is 11.5. The van der Waals surface area contributed by atoms with Gasteiger partial charge in [0.1, 0.15) is 0 Å². The first-order valence-corrected chi connectivity index (χ1v) is 6.64. The molecule has 0 radical (unpaired) electrons. The first kappa shape index (κ1) is 11.9. The Morgan fingerprint density at radius 3 is 2.56 bits per heavy atom. The lowest BCUT2D eigenvalue weighted by Crippen LogP contribution is -2.38. The molecule has 0 heterocycles. The molecule has 2 saturated carbocycles. The van der Waals surface area contributed by atoms with Crippen molar-refractivity contribution in [2.45, 2.75) is 57.4 Å². The van der Waals surface area contributed by atoms with E-state index in [2.05, 4.69) is 0 Å². The van der Waals surface area contributed by atoms with E-state index in [0.717, 1.165) is 18.3 Å². The minimum atomic E-state index is -0.752. The van der Waals surface area contributed by atoms with Gasteiger partial charge in [-0.3, -0.25) is 4.79 Å². The standard InChI is InChI=1S/C13H23NO2/c14-12(8-13(15)16)11-6-5-9-3-1-2-4-10(9)7-11/h9-12H,1-8,14H2,(H,15,16). The summed E-state index contributed by atoms with van der Waals surface area (Å²) in [6.45, 7) is 0. The molecule has 0 bridgehead atoms. The van der Waals surface area contributed by atoms with Crippen molar-refractivity contribution in [2.24, 2.45) is 23.5 Å². The van der Waals surface area contributed by atoms with Crippen LogP contribution < -0.4 is 5.73 Å². The summed E-state index contributed by atoms with van der Waals surface area (Å²) in [6, 6.07) is -0.125. The van der Waals surface area contributed by atoms with Crippen LogP contribution in [0.2, 0.25) is 0 Å². The molecule has 4 unspecified atom stereocenters. The molecule has 92 valence electrons. The quantitative estimate of drug-likeness (QED) is 0.775. The smallest absolute Gasteiger partial charge is 0.304 e. The second kappa shape index (κ2) is 5.17. The van der Waals surface area contributed by atoms with Gasteiger partial charge in [-0.15, -0.1) is 0 Å². The summed E-state index contributed by atoms with van der Waals surface area (Å²) in [5, 5.41) is 8.77. The Kier molecular flexibility index (Phi) is 3.85. The number of rotatable bonds is 3. The van der Waals surface area contributed by atoms with E-state index in [1.54, 1.807) is 0 Å². The van der Waals surface area contributed by atoms with Crippen molar-refractivity contribution in [2.75, 3.05) is 0 Å². The van der Waals surface area contributed by atoms with Gasteiger partial charge in [0, 0.05) is 6.04 Å². The van der Waals surface area contributed by atoms with Crippen molar-refractivity contribution in [1.29, 1.82) is 0 Å². The predicted molar refractivity (Wildman–Crippen MR) is 63.0 cm³/mol. The summed E-state index contributed by atoms with van der Waals surface area (Å²) < 4.78 is 0. The Morgan fingerprint density at radius 2 is 1.88 bits per heavy atom. The van der Waals surface area contributed by atoms with E-state index < -0.39 is 5.97 Å². The Labute approximate surface area is 97.4 Å². The summed E-state index contributed by atoms with van der Waals surface area (Å²) in [7, 11) is 0. The molecule has 2 aliphatic rings. The lowest BCUT2D eigenvalue weighted by molar-refractivity contribution is -0.137. The molecule has 3 nitrogen and oxygen atoms in total. The summed E-state index contributed by atoms with van der Waals surface area (Å²) >= 11 is 0. The number of nitrogens with two attached hydrogens (primary N) is 1. The van der Waals surface area contributed by atoms with Crippen LogP contribution in [0.3, 0.4) is 0 Å². The average molecular weight is 225 g/mol. The van der Waals surface area contributed by atoms with Crippen LogP contribution in [0.5, 0.6) is 0 Å². The fourth-order valence-electron chi connectivity index (χ4n) is 3.67. The van der Waals surface area contributed by atoms with E-state index in [9.17, 15) is 4.79 Å². The number of hydrogen-bond donors (Lipinski definition) is 2. The number of carboxylic acid groups (broad SMARTS) is 1. The van der Waals surface area contributed by atoms with Gasteiger partial charge in [-0.25, -0.2) is 0 Å². The second-order valence-electron chi connectivity index (χ2n) is 5.64. The molecule has 3 N–H and O–H groups in total. The normalized spacial score (nSPS) is 36.4. The average Bonchev–Trinajstić information content (AvgIpc) is 2.27. The van der Waals surface area contributed by atoms with Gasteiger partial charge in [0.05, 0.1) is 6.42 Å². The monoisotopic (exact) mass is 225 g/mol. The lowest BCUT2D eigenvalue weighted by Gasteiger charge is -2.41. The van der Waals surface area contributed by atoms with Gasteiger partial charge in [-0.05, 0) is 37.0 Å². The molecule has 0 amide bonds. The van der Waals surface area contributed by atoms with E-state index in [1.807, 2.05) is 0 Å². The van der Waals surface area contributed by atoms with Gasteiger partial charge in [0.25, 0.3) is 0 Å². The molecule has 3 heteroatoms.